The first-order chi connectivity index (χ1) is 15.2. The number of hydrogen-bond acceptors (Lipinski definition) is 6. The Morgan fingerprint density at radius 1 is 1.16 bits per heavy atom. The Morgan fingerprint density at radius 2 is 2.00 bits per heavy atom. The zero-order chi connectivity index (χ0) is 21.2. The van der Waals surface area contributed by atoms with Crippen LogP contribution in [0.15, 0.2) is 61.2 Å². The van der Waals surface area contributed by atoms with E-state index in [1.807, 2.05) is 36.5 Å². The molecule has 3 aromatic heterocycles. The molecule has 0 unspecified atom stereocenters. The van der Waals surface area contributed by atoms with Crippen LogP contribution in [0.3, 0.4) is 0 Å². The number of aromatic nitrogens is 4. The topological polar surface area (TPSA) is 110 Å². The van der Waals surface area contributed by atoms with Gasteiger partial charge in [0.1, 0.15) is 5.69 Å². The summed E-state index contributed by atoms with van der Waals surface area (Å²) in [5, 5.41) is 6.87. The molecular weight excluding hydrogens is 390 g/mol. The molecule has 0 spiro atoms. The molecule has 1 amide bonds. The number of fused-ring (bicyclic) bond motifs is 1. The zero-order valence-electron chi connectivity index (χ0n) is 17.0. The molecule has 8 nitrogen and oxygen atoms in total. The van der Waals surface area contributed by atoms with Gasteiger partial charge in [0.2, 0.25) is 0 Å². The first kappa shape index (κ1) is 19.2. The third-order valence-corrected chi connectivity index (χ3v) is 5.56. The highest BCUT2D eigenvalue weighted by atomic mass is 16.1. The number of rotatable bonds is 5. The van der Waals surface area contributed by atoms with Crippen molar-refractivity contribution in [2.75, 3.05) is 18.4 Å². The summed E-state index contributed by atoms with van der Waals surface area (Å²) in [6.07, 6.45) is 9.06. The third-order valence-electron chi connectivity index (χ3n) is 5.56. The van der Waals surface area contributed by atoms with Crippen LogP contribution in [-0.4, -0.2) is 44.4 Å². The van der Waals surface area contributed by atoms with E-state index in [0.29, 0.717) is 17.2 Å². The van der Waals surface area contributed by atoms with Gasteiger partial charge in [0.25, 0.3) is 5.91 Å². The summed E-state index contributed by atoms with van der Waals surface area (Å²) in [4.78, 5) is 25.4. The van der Waals surface area contributed by atoms with Gasteiger partial charge in [-0.05, 0) is 48.7 Å². The smallest absolute Gasteiger partial charge is 0.267 e. The Bertz CT molecular complexity index is 1230. The van der Waals surface area contributed by atoms with Gasteiger partial charge in [-0.1, -0.05) is 18.2 Å². The summed E-state index contributed by atoms with van der Waals surface area (Å²) in [5.74, 6) is 0.105. The Kier molecular flexibility index (Phi) is 5.05. The SMILES string of the molecule is NC(=O)c1cnc(N[C@H]2CCCNC2)c2nc(-c3cccc(-c4ccncc4)c3)cn12. The van der Waals surface area contributed by atoms with Crippen molar-refractivity contribution in [3.63, 3.8) is 0 Å². The molecular formula is C23H23N7O. The molecule has 4 aromatic rings. The maximum atomic E-state index is 12.0. The van der Waals surface area contributed by atoms with Gasteiger partial charge in [0.15, 0.2) is 11.5 Å². The van der Waals surface area contributed by atoms with Gasteiger partial charge >= 0.3 is 0 Å². The number of carbonyl (C=O) groups is 1. The van der Waals surface area contributed by atoms with E-state index >= 15 is 0 Å². The fraction of sp³-hybridized carbons (Fsp3) is 0.217. The number of nitrogens with zero attached hydrogens (tertiary/aromatic N) is 4. The van der Waals surface area contributed by atoms with Crippen molar-refractivity contribution in [1.29, 1.82) is 0 Å². The van der Waals surface area contributed by atoms with E-state index in [9.17, 15) is 4.79 Å². The highest BCUT2D eigenvalue weighted by Crippen LogP contribution is 2.28. The van der Waals surface area contributed by atoms with Crippen LogP contribution in [0.25, 0.3) is 28.0 Å². The molecule has 5 rings (SSSR count). The highest BCUT2D eigenvalue weighted by molar-refractivity contribution is 5.92. The summed E-state index contributed by atoms with van der Waals surface area (Å²) in [6, 6.07) is 12.3. The van der Waals surface area contributed by atoms with Crippen molar-refractivity contribution in [3.8, 4) is 22.4 Å². The molecule has 1 aliphatic rings. The van der Waals surface area contributed by atoms with Gasteiger partial charge in [0, 0.05) is 36.7 Å². The molecule has 0 saturated carbocycles. The van der Waals surface area contributed by atoms with Gasteiger partial charge in [-0.15, -0.1) is 0 Å². The first-order valence-electron chi connectivity index (χ1n) is 10.3. The Balaban J connectivity index is 1.58. The molecule has 1 saturated heterocycles. The predicted octanol–water partition coefficient (Wildman–Crippen LogP) is 2.72. The third kappa shape index (κ3) is 3.85. The number of nitrogens with one attached hydrogen (secondary N) is 2. The number of benzene rings is 1. The minimum Gasteiger partial charge on any atom is -0.364 e. The fourth-order valence-electron chi connectivity index (χ4n) is 3.97. The maximum absolute atomic E-state index is 12.0. The Hall–Kier alpha value is -3.78. The second kappa shape index (κ2) is 8.16. The summed E-state index contributed by atoms with van der Waals surface area (Å²) in [7, 11) is 0. The maximum Gasteiger partial charge on any atom is 0.267 e. The molecule has 8 heteroatoms. The van der Waals surface area contributed by atoms with Gasteiger partial charge in [-0.3, -0.25) is 14.2 Å². The van der Waals surface area contributed by atoms with E-state index < -0.39 is 5.91 Å². The quantitative estimate of drug-likeness (QED) is 0.464. The van der Waals surface area contributed by atoms with E-state index in [4.69, 9.17) is 10.7 Å². The van der Waals surface area contributed by atoms with Crippen molar-refractivity contribution in [3.05, 3.63) is 66.9 Å². The molecule has 0 aliphatic carbocycles. The van der Waals surface area contributed by atoms with Gasteiger partial charge < -0.3 is 16.4 Å². The molecule has 4 heterocycles. The molecule has 1 aliphatic heterocycles. The lowest BCUT2D eigenvalue weighted by molar-refractivity contribution is 0.0994. The number of imidazole rings is 1. The van der Waals surface area contributed by atoms with Crippen LogP contribution in [0.1, 0.15) is 23.3 Å². The monoisotopic (exact) mass is 413 g/mol. The number of pyridine rings is 1. The molecule has 0 bridgehead atoms. The van der Waals surface area contributed by atoms with Crippen molar-refractivity contribution in [1.82, 2.24) is 24.7 Å². The van der Waals surface area contributed by atoms with E-state index in [2.05, 4.69) is 26.7 Å². The number of amides is 1. The van der Waals surface area contributed by atoms with Gasteiger partial charge in [-0.25, -0.2) is 9.97 Å². The van der Waals surface area contributed by atoms with Crippen LogP contribution >= 0.6 is 0 Å². The Labute approximate surface area is 179 Å². The van der Waals surface area contributed by atoms with Crippen LogP contribution < -0.4 is 16.4 Å². The van der Waals surface area contributed by atoms with Crippen LogP contribution in [0, 0.1) is 0 Å². The summed E-state index contributed by atoms with van der Waals surface area (Å²) in [5.41, 5.74) is 10.3. The van der Waals surface area contributed by atoms with E-state index in [1.54, 1.807) is 16.8 Å². The summed E-state index contributed by atoms with van der Waals surface area (Å²) in [6.45, 7) is 1.90. The number of primary amides is 1. The van der Waals surface area contributed by atoms with Crippen LogP contribution in [0.2, 0.25) is 0 Å². The standard InChI is InChI=1S/C23H23N7O/c24-21(31)20-13-27-22(28-18-5-2-8-26-12-18)23-29-19(14-30(20)23)17-4-1-3-16(11-17)15-6-9-25-10-7-15/h1,3-4,6-7,9-11,13-14,18,26H,2,5,8,12H2,(H2,24,31)(H,27,28)/t18-/m0/s1. The summed E-state index contributed by atoms with van der Waals surface area (Å²) >= 11 is 0. The number of anilines is 1. The van der Waals surface area contributed by atoms with Crippen molar-refractivity contribution < 1.29 is 4.79 Å². The zero-order valence-corrected chi connectivity index (χ0v) is 17.0. The average molecular weight is 413 g/mol. The normalized spacial score (nSPS) is 16.3. The number of nitrogens with two attached hydrogens (primary N) is 1. The molecule has 0 radical (unpaired) electrons. The number of carbonyl (C=O) groups excluding carboxylic acids is 1. The minimum atomic E-state index is -0.544. The predicted molar refractivity (Wildman–Crippen MR) is 120 cm³/mol. The summed E-state index contributed by atoms with van der Waals surface area (Å²) < 4.78 is 1.72. The van der Waals surface area contributed by atoms with Gasteiger partial charge in [0.05, 0.1) is 11.9 Å². The molecule has 1 atom stereocenters. The Morgan fingerprint density at radius 3 is 2.77 bits per heavy atom. The number of hydrogen-bond donors (Lipinski definition) is 3. The molecule has 1 fully saturated rings. The van der Waals surface area contributed by atoms with Crippen molar-refractivity contribution >= 4 is 17.4 Å². The van der Waals surface area contributed by atoms with Crippen LogP contribution in [-0.2, 0) is 0 Å². The van der Waals surface area contributed by atoms with E-state index in [1.165, 1.54) is 6.20 Å². The first-order valence-corrected chi connectivity index (χ1v) is 10.3. The second-order valence-corrected chi connectivity index (χ2v) is 7.68. The minimum absolute atomic E-state index is 0.264. The van der Waals surface area contributed by atoms with E-state index in [-0.39, 0.29) is 6.04 Å². The van der Waals surface area contributed by atoms with E-state index in [0.717, 1.165) is 48.3 Å². The lowest BCUT2D eigenvalue weighted by Crippen LogP contribution is -2.38. The molecule has 156 valence electrons. The molecule has 1 aromatic carbocycles. The van der Waals surface area contributed by atoms with Gasteiger partial charge in [-0.2, -0.15) is 0 Å². The number of piperidine rings is 1. The van der Waals surface area contributed by atoms with Crippen molar-refractivity contribution in [2.24, 2.45) is 5.73 Å². The fourth-order valence-corrected chi connectivity index (χ4v) is 3.97. The van der Waals surface area contributed by atoms with Crippen LogP contribution in [0.4, 0.5) is 5.82 Å². The second-order valence-electron chi connectivity index (χ2n) is 7.68. The lowest BCUT2D eigenvalue weighted by Gasteiger charge is -2.24. The highest BCUT2D eigenvalue weighted by Gasteiger charge is 2.19. The largest absolute Gasteiger partial charge is 0.364 e. The average Bonchev–Trinajstić information content (AvgIpc) is 3.26. The van der Waals surface area contributed by atoms with Crippen molar-refractivity contribution in [2.45, 2.75) is 18.9 Å². The van der Waals surface area contributed by atoms with Crippen LogP contribution in [0.5, 0.6) is 0 Å². The lowest BCUT2D eigenvalue weighted by atomic mass is 10.0. The molecule has 31 heavy (non-hydrogen) atoms. The molecule has 4 N–H and O–H groups in total.